The van der Waals surface area contributed by atoms with Crippen LogP contribution in [0.5, 0.6) is 0 Å². The normalized spacial score (nSPS) is 12.9. The zero-order chi connectivity index (χ0) is 41.0. The van der Waals surface area contributed by atoms with E-state index in [0.717, 1.165) is 35.2 Å². The number of benzene rings is 8. The van der Waals surface area contributed by atoms with Gasteiger partial charge in [-0.05, 0) is 83.6 Å². The number of hydrogen-bond donors (Lipinski definition) is 0. The Labute approximate surface area is 359 Å². The molecule has 0 amide bonds. The summed E-state index contributed by atoms with van der Waals surface area (Å²) in [4.78, 5) is 14.9. The molecule has 0 aliphatic heterocycles. The average Bonchev–Trinajstić information content (AvgIpc) is 3.87. The zero-order valence-electron chi connectivity index (χ0n) is 33.9. The number of aromatic nitrogens is 5. The molecule has 0 saturated carbocycles. The second-order valence-electron chi connectivity index (χ2n) is 16.0. The van der Waals surface area contributed by atoms with Gasteiger partial charge in [0.05, 0.1) is 22.1 Å². The first-order valence-electron chi connectivity index (χ1n) is 21.2. The van der Waals surface area contributed by atoms with Crippen LogP contribution in [0.1, 0.15) is 18.4 Å². The van der Waals surface area contributed by atoms with Gasteiger partial charge in [0.1, 0.15) is 0 Å². The first-order chi connectivity index (χ1) is 30.7. The van der Waals surface area contributed by atoms with Crippen LogP contribution in [-0.2, 0) is 0 Å². The van der Waals surface area contributed by atoms with Crippen molar-refractivity contribution < 1.29 is 0 Å². The Morgan fingerprint density at radius 3 is 1.40 bits per heavy atom. The molecule has 12 rings (SSSR count). The summed E-state index contributed by atoms with van der Waals surface area (Å²) in [6.45, 7) is 0. The number of fused-ring (bicyclic) bond motifs is 6. The van der Waals surface area contributed by atoms with Crippen molar-refractivity contribution >= 4 is 54.9 Å². The fourth-order valence-corrected chi connectivity index (χ4v) is 9.33. The van der Waals surface area contributed by atoms with Gasteiger partial charge in [0.15, 0.2) is 17.5 Å². The molecule has 0 unspecified atom stereocenters. The van der Waals surface area contributed by atoms with E-state index in [9.17, 15) is 0 Å². The minimum atomic E-state index is 0.661. The quantitative estimate of drug-likeness (QED) is 0.161. The summed E-state index contributed by atoms with van der Waals surface area (Å²) in [5.41, 5.74) is 15.0. The highest BCUT2D eigenvalue weighted by Gasteiger charge is 2.19. The first kappa shape index (κ1) is 35.8. The van der Waals surface area contributed by atoms with E-state index in [0.29, 0.717) is 17.5 Å². The van der Waals surface area contributed by atoms with Gasteiger partial charge in [0, 0.05) is 49.6 Å². The van der Waals surface area contributed by atoms with Gasteiger partial charge in [0.2, 0.25) is 0 Å². The molecule has 0 spiro atoms. The summed E-state index contributed by atoms with van der Waals surface area (Å²) >= 11 is 0. The summed E-state index contributed by atoms with van der Waals surface area (Å²) in [6, 6.07) is 71.1. The highest BCUT2D eigenvalue weighted by molar-refractivity contribution is 6.12. The van der Waals surface area contributed by atoms with E-state index in [1.807, 2.05) is 60.7 Å². The molecule has 0 bridgehead atoms. The minimum Gasteiger partial charge on any atom is -0.313 e. The maximum absolute atomic E-state index is 5.00. The van der Waals surface area contributed by atoms with Crippen molar-refractivity contribution in [2.45, 2.75) is 12.8 Å². The van der Waals surface area contributed by atoms with Gasteiger partial charge in [-0.1, -0.05) is 164 Å². The molecule has 11 aromatic rings. The highest BCUT2D eigenvalue weighted by Crippen LogP contribution is 2.40. The van der Waals surface area contributed by atoms with Gasteiger partial charge in [0.25, 0.3) is 0 Å². The fourth-order valence-electron chi connectivity index (χ4n) is 9.33. The Kier molecular flexibility index (Phi) is 8.56. The van der Waals surface area contributed by atoms with Crippen LogP contribution < -0.4 is 0 Å². The zero-order valence-corrected chi connectivity index (χ0v) is 33.9. The van der Waals surface area contributed by atoms with Crippen LogP contribution in [0, 0.1) is 0 Å². The molecule has 0 radical (unpaired) electrons. The molecule has 292 valence electrons. The van der Waals surface area contributed by atoms with E-state index < -0.39 is 0 Å². The predicted octanol–water partition coefficient (Wildman–Crippen LogP) is 14.5. The van der Waals surface area contributed by atoms with E-state index >= 15 is 0 Å². The van der Waals surface area contributed by atoms with Crippen LogP contribution in [0.25, 0.3) is 106 Å². The van der Waals surface area contributed by atoms with Gasteiger partial charge in [-0.25, -0.2) is 15.0 Å². The van der Waals surface area contributed by atoms with Gasteiger partial charge in [-0.3, -0.25) is 0 Å². The Morgan fingerprint density at radius 2 is 0.790 bits per heavy atom. The monoisotopic (exact) mass is 793 g/mol. The van der Waals surface area contributed by atoms with Crippen molar-refractivity contribution in [3.63, 3.8) is 0 Å². The lowest BCUT2D eigenvalue weighted by molar-refractivity contribution is 0.992. The summed E-state index contributed by atoms with van der Waals surface area (Å²) in [7, 11) is 0. The molecule has 1 aliphatic carbocycles. The van der Waals surface area contributed by atoms with E-state index in [1.165, 1.54) is 71.6 Å². The van der Waals surface area contributed by atoms with Crippen LogP contribution in [-0.4, -0.2) is 24.1 Å². The van der Waals surface area contributed by atoms with Gasteiger partial charge < -0.3 is 9.13 Å². The molecule has 5 nitrogen and oxygen atoms in total. The van der Waals surface area contributed by atoms with Crippen LogP contribution in [0.4, 0.5) is 0 Å². The highest BCUT2D eigenvalue weighted by atomic mass is 15.0. The van der Waals surface area contributed by atoms with Crippen LogP contribution >= 0.6 is 0 Å². The molecule has 0 N–H and O–H groups in total. The maximum Gasteiger partial charge on any atom is 0.164 e. The molecule has 3 aromatic heterocycles. The third kappa shape index (κ3) is 6.13. The van der Waals surface area contributed by atoms with E-state index in [-0.39, 0.29) is 0 Å². The average molecular weight is 794 g/mol. The predicted molar refractivity (Wildman–Crippen MR) is 257 cm³/mol. The Hall–Kier alpha value is -8.15. The molecule has 0 atom stereocenters. The SMILES string of the molecule is C1=C(c2cccc(-c3nc(-c4ccccc4)nc(-c4ccccc4)n3)c2)CCC(n2c3ccccc3c3ccc(-c4cccc(-n5c6ccccc6c6ccccc65)c4)cc32)=C1. The van der Waals surface area contributed by atoms with Crippen molar-refractivity contribution in [2.24, 2.45) is 0 Å². The van der Waals surface area contributed by atoms with Gasteiger partial charge in [-0.2, -0.15) is 0 Å². The molecule has 8 aromatic carbocycles. The van der Waals surface area contributed by atoms with Gasteiger partial charge in [-0.15, -0.1) is 0 Å². The van der Waals surface area contributed by atoms with E-state index in [1.54, 1.807) is 0 Å². The smallest absolute Gasteiger partial charge is 0.164 e. The topological polar surface area (TPSA) is 48.5 Å². The standard InChI is InChI=1S/C57H39N5/c1-3-15-39(16-4-1)55-58-56(40-17-5-2-6-18-40)60-57(59-55)44-21-13-19-41(35-44)38-29-32-45(33-30-38)61-51-26-10-9-25-49(51)50-34-31-43(37-54(50)61)42-20-14-22-46(36-42)62-52-27-11-7-23-47(52)48-24-8-12-28-53(48)62/h1-29,31-32,34-37H,30,33H2. The number of para-hydroxylation sites is 3. The van der Waals surface area contributed by atoms with E-state index in [2.05, 4.69) is 161 Å². The summed E-state index contributed by atoms with van der Waals surface area (Å²) in [6.07, 6.45) is 6.43. The molecule has 5 heteroatoms. The minimum absolute atomic E-state index is 0.661. The molecule has 3 heterocycles. The second kappa shape index (κ2) is 14.8. The lowest BCUT2D eigenvalue weighted by Gasteiger charge is -2.19. The Bertz CT molecular complexity index is 3460. The number of allylic oxidation sites excluding steroid dienone is 4. The lowest BCUT2D eigenvalue weighted by atomic mass is 9.94. The van der Waals surface area contributed by atoms with Crippen molar-refractivity contribution in [1.29, 1.82) is 0 Å². The largest absolute Gasteiger partial charge is 0.313 e. The molecule has 62 heavy (non-hydrogen) atoms. The molecule has 1 aliphatic rings. The lowest BCUT2D eigenvalue weighted by Crippen LogP contribution is -2.02. The van der Waals surface area contributed by atoms with Crippen molar-refractivity contribution in [1.82, 2.24) is 24.1 Å². The first-order valence-corrected chi connectivity index (χ1v) is 21.2. The summed E-state index contributed by atoms with van der Waals surface area (Å²) in [5.74, 6) is 1.98. The number of hydrogen-bond acceptors (Lipinski definition) is 3. The Morgan fingerprint density at radius 1 is 0.306 bits per heavy atom. The summed E-state index contributed by atoms with van der Waals surface area (Å²) in [5, 5.41) is 5.05. The van der Waals surface area contributed by atoms with Crippen LogP contribution in [0.15, 0.2) is 212 Å². The summed E-state index contributed by atoms with van der Waals surface area (Å²) < 4.78 is 4.87. The van der Waals surface area contributed by atoms with Crippen molar-refractivity contribution in [3.8, 4) is 51.0 Å². The maximum atomic E-state index is 5.00. The van der Waals surface area contributed by atoms with Gasteiger partial charge >= 0.3 is 0 Å². The molecule has 0 fully saturated rings. The van der Waals surface area contributed by atoms with Crippen LogP contribution in [0.2, 0.25) is 0 Å². The third-order valence-electron chi connectivity index (χ3n) is 12.3. The fraction of sp³-hybridized carbons (Fsp3) is 0.0351. The van der Waals surface area contributed by atoms with E-state index in [4.69, 9.17) is 15.0 Å². The number of nitrogens with zero attached hydrogens (tertiary/aromatic N) is 5. The van der Waals surface area contributed by atoms with Crippen molar-refractivity contribution in [3.05, 3.63) is 218 Å². The molecular weight excluding hydrogens is 755 g/mol. The van der Waals surface area contributed by atoms with Crippen LogP contribution in [0.3, 0.4) is 0 Å². The second-order valence-corrected chi connectivity index (χ2v) is 16.0. The number of rotatable bonds is 7. The Balaban J connectivity index is 0.921. The third-order valence-corrected chi connectivity index (χ3v) is 12.3. The molecule has 0 saturated heterocycles. The van der Waals surface area contributed by atoms with Crippen molar-refractivity contribution in [2.75, 3.05) is 0 Å². The molecular formula is C57H39N5.